The average Bonchev–Trinajstić information content (AvgIpc) is 2.47. The van der Waals surface area contributed by atoms with Gasteiger partial charge in [0.1, 0.15) is 5.75 Å². The summed E-state index contributed by atoms with van der Waals surface area (Å²) in [5.74, 6) is 1.70. The first kappa shape index (κ1) is 19.5. The van der Waals surface area contributed by atoms with Gasteiger partial charge in [-0.2, -0.15) is 0 Å². The number of allylic oxidation sites excluding steroid dienone is 4. The molecule has 1 rings (SSSR count). The maximum absolute atomic E-state index is 5.96. The van der Waals surface area contributed by atoms with E-state index >= 15 is 0 Å². The lowest BCUT2D eigenvalue weighted by Gasteiger charge is -2.12. The smallest absolute Gasteiger partial charge is 0.122 e. The van der Waals surface area contributed by atoms with Crippen LogP contribution < -0.4 is 4.74 Å². The van der Waals surface area contributed by atoms with Gasteiger partial charge in [0.25, 0.3) is 0 Å². The summed E-state index contributed by atoms with van der Waals surface area (Å²) in [5.41, 5.74) is 5.26. The van der Waals surface area contributed by atoms with Crippen molar-refractivity contribution in [3.8, 4) is 5.75 Å². The highest BCUT2D eigenvalue weighted by Gasteiger charge is 2.03. The fourth-order valence-corrected chi connectivity index (χ4v) is 2.59. The fraction of sp³-hybridized carbons (Fsp3) is 0.545. The van der Waals surface area contributed by atoms with Crippen LogP contribution in [0.3, 0.4) is 0 Å². The van der Waals surface area contributed by atoms with Crippen molar-refractivity contribution in [2.75, 3.05) is 6.61 Å². The number of hydrogen-bond donors (Lipinski definition) is 0. The quantitative estimate of drug-likeness (QED) is 0.363. The maximum Gasteiger partial charge on any atom is 0.122 e. The van der Waals surface area contributed by atoms with Gasteiger partial charge in [-0.15, -0.1) is 0 Å². The predicted molar refractivity (Wildman–Crippen MR) is 102 cm³/mol. The van der Waals surface area contributed by atoms with Crippen molar-refractivity contribution < 1.29 is 4.74 Å². The van der Waals surface area contributed by atoms with Gasteiger partial charge in [0, 0.05) is 0 Å². The second-order valence-corrected chi connectivity index (χ2v) is 6.96. The van der Waals surface area contributed by atoms with Crippen molar-refractivity contribution in [1.82, 2.24) is 0 Å². The van der Waals surface area contributed by atoms with Crippen LogP contribution in [0.1, 0.15) is 63.1 Å². The van der Waals surface area contributed by atoms with Crippen LogP contribution >= 0.6 is 0 Å². The first-order valence-electron chi connectivity index (χ1n) is 8.90. The van der Waals surface area contributed by atoms with Gasteiger partial charge in [0.05, 0.1) is 6.61 Å². The molecule has 0 saturated carbocycles. The van der Waals surface area contributed by atoms with Gasteiger partial charge in [-0.05, 0) is 89.0 Å². The molecular formula is C22H34O. The van der Waals surface area contributed by atoms with Gasteiger partial charge in [0.15, 0.2) is 0 Å². The summed E-state index contributed by atoms with van der Waals surface area (Å²) in [6, 6.07) is 4.35. The third kappa shape index (κ3) is 8.06. The first-order chi connectivity index (χ1) is 10.9. The van der Waals surface area contributed by atoms with Crippen molar-refractivity contribution in [2.24, 2.45) is 5.92 Å². The molecule has 0 radical (unpaired) electrons. The van der Waals surface area contributed by atoms with Crippen LogP contribution in [-0.4, -0.2) is 6.61 Å². The van der Waals surface area contributed by atoms with Crippen LogP contribution in [0, 0.1) is 26.7 Å². The third-order valence-corrected chi connectivity index (χ3v) is 4.18. The lowest BCUT2D eigenvalue weighted by Crippen LogP contribution is -2.00. The molecule has 0 bridgehead atoms. The van der Waals surface area contributed by atoms with Crippen molar-refractivity contribution in [3.05, 3.63) is 52.6 Å². The van der Waals surface area contributed by atoms with Crippen molar-refractivity contribution in [1.29, 1.82) is 0 Å². The van der Waals surface area contributed by atoms with E-state index in [0.717, 1.165) is 25.2 Å². The molecule has 0 saturated heterocycles. The van der Waals surface area contributed by atoms with Crippen molar-refractivity contribution in [3.63, 3.8) is 0 Å². The standard InChI is InChI=1S/C22H34O/c1-17(2)11-10-13-18(3)12-8-7-9-14-23-22-16-19(4)15-20(5)21(22)6/h8,11-12,15-16,18H,7,9-10,13-14H2,1-6H3/b12-8+. The molecule has 0 aliphatic carbocycles. The lowest BCUT2D eigenvalue weighted by atomic mass is 10.0. The lowest BCUT2D eigenvalue weighted by molar-refractivity contribution is 0.309. The molecule has 1 nitrogen and oxygen atoms in total. The Morgan fingerprint density at radius 1 is 1.13 bits per heavy atom. The van der Waals surface area contributed by atoms with E-state index in [1.165, 1.54) is 35.1 Å². The molecule has 0 aliphatic rings. The molecule has 128 valence electrons. The first-order valence-corrected chi connectivity index (χ1v) is 8.90. The Morgan fingerprint density at radius 3 is 2.57 bits per heavy atom. The Labute approximate surface area is 143 Å². The molecule has 1 aromatic rings. The zero-order valence-electron chi connectivity index (χ0n) is 15.9. The number of hydrogen-bond acceptors (Lipinski definition) is 1. The van der Waals surface area contributed by atoms with Gasteiger partial charge in [-0.3, -0.25) is 0 Å². The Morgan fingerprint density at radius 2 is 1.87 bits per heavy atom. The zero-order chi connectivity index (χ0) is 17.2. The Balaban J connectivity index is 2.25. The maximum atomic E-state index is 5.96. The van der Waals surface area contributed by atoms with Crippen LogP contribution in [0.25, 0.3) is 0 Å². The second-order valence-electron chi connectivity index (χ2n) is 6.96. The molecule has 0 amide bonds. The van der Waals surface area contributed by atoms with E-state index in [1.807, 2.05) is 0 Å². The third-order valence-electron chi connectivity index (χ3n) is 4.18. The summed E-state index contributed by atoms with van der Waals surface area (Å²) in [7, 11) is 0. The molecule has 0 aliphatic heterocycles. The van der Waals surface area contributed by atoms with E-state index in [2.05, 4.69) is 71.9 Å². The molecule has 0 fully saturated rings. The molecule has 1 unspecified atom stereocenters. The number of ether oxygens (including phenoxy) is 1. The monoisotopic (exact) mass is 314 g/mol. The average molecular weight is 315 g/mol. The van der Waals surface area contributed by atoms with Crippen molar-refractivity contribution >= 4 is 0 Å². The summed E-state index contributed by atoms with van der Waals surface area (Å²) < 4.78 is 5.96. The molecule has 0 spiro atoms. The molecule has 1 atom stereocenters. The fourth-order valence-electron chi connectivity index (χ4n) is 2.59. The molecule has 1 heteroatoms. The molecule has 0 aromatic heterocycles. The SMILES string of the molecule is CC(C)=CCCC(C)/C=C/CCCOc1cc(C)cc(C)c1C. The summed E-state index contributed by atoms with van der Waals surface area (Å²) in [6.45, 7) is 13.8. The summed E-state index contributed by atoms with van der Waals surface area (Å²) in [4.78, 5) is 0. The molecule has 1 aromatic carbocycles. The normalized spacial score (nSPS) is 12.4. The number of aryl methyl sites for hydroxylation is 2. The van der Waals surface area contributed by atoms with E-state index in [1.54, 1.807) is 0 Å². The van der Waals surface area contributed by atoms with Crippen LogP contribution in [0.2, 0.25) is 0 Å². The molecule has 0 heterocycles. The van der Waals surface area contributed by atoms with E-state index in [0.29, 0.717) is 5.92 Å². The van der Waals surface area contributed by atoms with Crippen LogP contribution in [0.4, 0.5) is 0 Å². The van der Waals surface area contributed by atoms with E-state index < -0.39 is 0 Å². The zero-order valence-corrected chi connectivity index (χ0v) is 15.9. The number of benzene rings is 1. The minimum atomic E-state index is 0.660. The predicted octanol–water partition coefficient (Wildman–Crippen LogP) is 6.71. The van der Waals surface area contributed by atoms with Gasteiger partial charge >= 0.3 is 0 Å². The Bertz CT molecular complexity index is 533. The van der Waals surface area contributed by atoms with Gasteiger partial charge in [-0.25, -0.2) is 0 Å². The summed E-state index contributed by atoms with van der Waals surface area (Å²) in [5, 5.41) is 0. The highest BCUT2D eigenvalue weighted by Crippen LogP contribution is 2.23. The molecule has 0 N–H and O–H groups in total. The van der Waals surface area contributed by atoms with Crippen LogP contribution in [0.15, 0.2) is 35.9 Å². The van der Waals surface area contributed by atoms with E-state index in [4.69, 9.17) is 4.74 Å². The largest absolute Gasteiger partial charge is 0.493 e. The van der Waals surface area contributed by atoms with Crippen LogP contribution in [0.5, 0.6) is 5.75 Å². The minimum Gasteiger partial charge on any atom is -0.493 e. The summed E-state index contributed by atoms with van der Waals surface area (Å²) >= 11 is 0. The highest BCUT2D eigenvalue weighted by atomic mass is 16.5. The topological polar surface area (TPSA) is 9.23 Å². The van der Waals surface area contributed by atoms with Gasteiger partial charge in [-0.1, -0.05) is 36.8 Å². The van der Waals surface area contributed by atoms with E-state index in [9.17, 15) is 0 Å². The second kappa shape index (κ2) is 10.3. The van der Waals surface area contributed by atoms with Gasteiger partial charge in [0.2, 0.25) is 0 Å². The summed E-state index contributed by atoms with van der Waals surface area (Å²) in [6.07, 6.45) is 11.6. The molecular weight excluding hydrogens is 280 g/mol. The van der Waals surface area contributed by atoms with Gasteiger partial charge < -0.3 is 4.74 Å². The van der Waals surface area contributed by atoms with E-state index in [-0.39, 0.29) is 0 Å². The van der Waals surface area contributed by atoms with Crippen LogP contribution in [-0.2, 0) is 0 Å². The Kier molecular flexibility index (Phi) is 8.76. The Hall–Kier alpha value is -1.50. The number of rotatable bonds is 9. The highest BCUT2D eigenvalue weighted by molar-refractivity contribution is 5.41. The molecule has 23 heavy (non-hydrogen) atoms. The number of unbranched alkanes of at least 4 members (excludes halogenated alkanes) is 1. The van der Waals surface area contributed by atoms with Crippen molar-refractivity contribution in [2.45, 2.75) is 67.2 Å². The minimum absolute atomic E-state index is 0.660.